The van der Waals surface area contributed by atoms with Gasteiger partial charge in [0, 0.05) is 0 Å². The third-order valence-electron chi connectivity index (χ3n) is 5.67. The van der Waals surface area contributed by atoms with Crippen LogP contribution in [0.2, 0.25) is 0 Å². The molecule has 3 atom stereocenters. The molecule has 33 heavy (non-hydrogen) atoms. The summed E-state index contributed by atoms with van der Waals surface area (Å²) in [6, 6.07) is -3.45. The van der Waals surface area contributed by atoms with E-state index in [2.05, 4.69) is 16.0 Å². The Kier molecular flexibility index (Phi) is 13.0. The highest BCUT2D eigenvalue weighted by Gasteiger charge is 2.30. The first-order valence-corrected chi connectivity index (χ1v) is 11.4. The summed E-state index contributed by atoms with van der Waals surface area (Å²) < 4.78 is 0. The van der Waals surface area contributed by atoms with Gasteiger partial charge in [-0.1, -0.05) is 38.5 Å². The highest BCUT2D eigenvalue weighted by Crippen LogP contribution is 2.27. The molecular formula is C21H37N5O7. The standard InChI is InChI=1S/C21H37N5O7/c22-9-5-4-8-14(23)19(30)24-12-17(27)25-15(10-13-6-2-1-3-7-13)20(31)26-16(21(32)33)11-18(28)29/h13-16H,1-12,22-23H2,(H,24,30)(H,25,27)(H,26,31)(H,28,29)(H,32,33)/t14-,15+,16+/m1/s1. The number of carboxylic acids is 2. The molecule has 0 aromatic heterocycles. The van der Waals surface area contributed by atoms with Crippen molar-refractivity contribution in [2.75, 3.05) is 13.1 Å². The molecule has 188 valence electrons. The predicted molar refractivity (Wildman–Crippen MR) is 119 cm³/mol. The van der Waals surface area contributed by atoms with Crippen LogP contribution in [0.5, 0.6) is 0 Å². The monoisotopic (exact) mass is 471 g/mol. The van der Waals surface area contributed by atoms with Crippen molar-refractivity contribution < 1.29 is 34.2 Å². The van der Waals surface area contributed by atoms with Crippen LogP contribution in [0, 0.1) is 5.92 Å². The summed E-state index contributed by atoms with van der Waals surface area (Å²) in [5.41, 5.74) is 11.2. The molecule has 0 saturated heterocycles. The number of carboxylic acid groups (broad SMARTS) is 2. The van der Waals surface area contributed by atoms with E-state index in [0.29, 0.717) is 25.8 Å². The number of carbonyl (C=O) groups is 5. The van der Waals surface area contributed by atoms with Gasteiger partial charge in [0.25, 0.3) is 0 Å². The molecule has 0 bridgehead atoms. The lowest BCUT2D eigenvalue weighted by molar-refractivity contribution is -0.147. The first kappa shape index (κ1) is 28.3. The van der Waals surface area contributed by atoms with E-state index in [4.69, 9.17) is 16.6 Å². The second kappa shape index (κ2) is 15.2. The Morgan fingerprint density at radius 1 is 0.909 bits per heavy atom. The fourth-order valence-electron chi connectivity index (χ4n) is 3.82. The molecule has 0 heterocycles. The van der Waals surface area contributed by atoms with Gasteiger partial charge in [0.1, 0.15) is 12.1 Å². The minimum atomic E-state index is -1.62. The van der Waals surface area contributed by atoms with E-state index in [1.165, 1.54) is 0 Å². The Labute approximate surface area is 193 Å². The van der Waals surface area contributed by atoms with Crippen LogP contribution in [0.15, 0.2) is 0 Å². The molecule has 1 saturated carbocycles. The third kappa shape index (κ3) is 11.6. The summed E-state index contributed by atoms with van der Waals surface area (Å²) in [6.07, 6.45) is 6.21. The van der Waals surface area contributed by atoms with Crippen LogP contribution in [0.3, 0.4) is 0 Å². The Hall–Kier alpha value is -2.73. The maximum Gasteiger partial charge on any atom is 0.326 e. The lowest BCUT2D eigenvalue weighted by Crippen LogP contribution is -2.54. The van der Waals surface area contributed by atoms with Gasteiger partial charge in [0.15, 0.2) is 0 Å². The molecule has 1 aliphatic carbocycles. The van der Waals surface area contributed by atoms with Crippen LogP contribution >= 0.6 is 0 Å². The number of hydrogen-bond donors (Lipinski definition) is 7. The molecule has 0 unspecified atom stereocenters. The van der Waals surface area contributed by atoms with Gasteiger partial charge in [-0.2, -0.15) is 0 Å². The first-order chi connectivity index (χ1) is 15.6. The lowest BCUT2D eigenvalue weighted by atomic mass is 9.84. The molecule has 0 aromatic carbocycles. The molecule has 0 radical (unpaired) electrons. The number of carbonyl (C=O) groups excluding carboxylic acids is 3. The zero-order chi connectivity index (χ0) is 24.8. The van der Waals surface area contributed by atoms with E-state index in [9.17, 15) is 29.1 Å². The van der Waals surface area contributed by atoms with E-state index in [0.717, 1.165) is 38.5 Å². The maximum atomic E-state index is 12.7. The lowest BCUT2D eigenvalue weighted by Gasteiger charge is -2.27. The molecule has 3 amide bonds. The number of nitrogens with one attached hydrogen (secondary N) is 3. The van der Waals surface area contributed by atoms with Crippen molar-refractivity contribution in [1.82, 2.24) is 16.0 Å². The predicted octanol–water partition coefficient (Wildman–Crippen LogP) is -0.942. The molecule has 0 aliphatic heterocycles. The number of rotatable bonds is 15. The van der Waals surface area contributed by atoms with Gasteiger partial charge in [-0.3, -0.25) is 19.2 Å². The average Bonchev–Trinajstić information content (AvgIpc) is 2.76. The third-order valence-corrected chi connectivity index (χ3v) is 5.67. The summed E-state index contributed by atoms with van der Waals surface area (Å²) in [5, 5.41) is 25.3. The maximum absolute atomic E-state index is 12.7. The molecule has 12 nitrogen and oxygen atoms in total. The van der Waals surface area contributed by atoms with E-state index < -0.39 is 60.8 Å². The van der Waals surface area contributed by atoms with Crippen LogP contribution in [0.4, 0.5) is 0 Å². The molecule has 1 rings (SSSR count). The summed E-state index contributed by atoms with van der Waals surface area (Å²) in [6.45, 7) is 0.103. The van der Waals surface area contributed by atoms with E-state index >= 15 is 0 Å². The average molecular weight is 472 g/mol. The van der Waals surface area contributed by atoms with Crippen molar-refractivity contribution >= 4 is 29.7 Å². The minimum absolute atomic E-state index is 0.170. The van der Waals surface area contributed by atoms with Gasteiger partial charge in [-0.05, 0) is 31.7 Å². The SMILES string of the molecule is NCCCC[C@@H](N)C(=O)NCC(=O)N[C@@H](CC1CCCCC1)C(=O)N[C@@H](CC(=O)O)C(=O)O. The number of aliphatic carboxylic acids is 2. The number of hydrogen-bond acceptors (Lipinski definition) is 7. The van der Waals surface area contributed by atoms with Gasteiger partial charge in [0.05, 0.1) is 19.0 Å². The van der Waals surface area contributed by atoms with Gasteiger partial charge < -0.3 is 37.6 Å². The Bertz CT molecular complexity index is 682. The van der Waals surface area contributed by atoms with Crippen molar-refractivity contribution in [2.24, 2.45) is 17.4 Å². The topological polar surface area (TPSA) is 214 Å². The minimum Gasteiger partial charge on any atom is -0.481 e. The summed E-state index contributed by atoms with van der Waals surface area (Å²) in [5.74, 6) is -4.58. The van der Waals surface area contributed by atoms with Gasteiger partial charge in [0.2, 0.25) is 17.7 Å². The molecule has 0 spiro atoms. The van der Waals surface area contributed by atoms with Gasteiger partial charge in [-0.15, -0.1) is 0 Å². The Morgan fingerprint density at radius 3 is 2.15 bits per heavy atom. The number of nitrogens with two attached hydrogens (primary N) is 2. The molecule has 0 aromatic rings. The van der Waals surface area contributed by atoms with E-state index in [1.807, 2.05) is 0 Å². The quantitative estimate of drug-likeness (QED) is 0.146. The second-order valence-electron chi connectivity index (χ2n) is 8.47. The smallest absolute Gasteiger partial charge is 0.326 e. The zero-order valence-corrected chi connectivity index (χ0v) is 18.9. The largest absolute Gasteiger partial charge is 0.481 e. The Balaban J connectivity index is 2.71. The van der Waals surface area contributed by atoms with Crippen LogP contribution in [0.1, 0.15) is 64.2 Å². The molecule has 12 heteroatoms. The fourth-order valence-corrected chi connectivity index (χ4v) is 3.82. The van der Waals surface area contributed by atoms with E-state index in [-0.39, 0.29) is 5.92 Å². The number of amides is 3. The molecule has 9 N–H and O–H groups in total. The molecular weight excluding hydrogens is 434 g/mol. The fraction of sp³-hybridized carbons (Fsp3) is 0.762. The van der Waals surface area contributed by atoms with Crippen molar-refractivity contribution in [3.63, 3.8) is 0 Å². The second-order valence-corrected chi connectivity index (χ2v) is 8.47. The normalized spacial score (nSPS) is 16.8. The summed E-state index contributed by atoms with van der Waals surface area (Å²) in [7, 11) is 0. The van der Waals surface area contributed by atoms with Crippen molar-refractivity contribution in [2.45, 2.75) is 82.3 Å². The highest BCUT2D eigenvalue weighted by molar-refractivity contribution is 5.93. The van der Waals surface area contributed by atoms with Gasteiger partial charge >= 0.3 is 11.9 Å². The highest BCUT2D eigenvalue weighted by atomic mass is 16.4. The molecule has 1 aliphatic rings. The van der Waals surface area contributed by atoms with Crippen molar-refractivity contribution in [1.29, 1.82) is 0 Å². The van der Waals surface area contributed by atoms with Crippen molar-refractivity contribution in [3.05, 3.63) is 0 Å². The summed E-state index contributed by atoms with van der Waals surface area (Å²) >= 11 is 0. The zero-order valence-electron chi connectivity index (χ0n) is 18.9. The van der Waals surface area contributed by atoms with Crippen LogP contribution < -0.4 is 27.4 Å². The number of unbranched alkanes of at least 4 members (excludes halogenated alkanes) is 1. The first-order valence-electron chi connectivity index (χ1n) is 11.4. The Morgan fingerprint density at radius 2 is 1.58 bits per heavy atom. The van der Waals surface area contributed by atoms with Crippen LogP contribution in [-0.2, 0) is 24.0 Å². The van der Waals surface area contributed by atoms with Crippen LogP contribution in [-0.4, -0.2) is 71.1 Å². The molecule has 1 fully saturated rings. The van der Waals surface area contributed by atoms with Crippen molar-refractivity contribution in [3.8, 4) is 0 Å². The van der Waals surface area contributed by atoms with Crippen LogP contribution in [0.25, 0.3) is 0 Å². The van der Waals surface area contributed by atoms with Gasteiger partial charge in [-0.25, -0.2) is 4.79 Å². The van der Waals surface area contributed by atoms with E-state index in [1.54, 1.807) is 0 Å². The summed E-state index contributed by atoms with van der Waals surface area (Å²) in [4.78, 5) is 59.4.